The molecule has 4 unspecified atom stereocenters. The number of phenols is 1. The van der Waals surface area contributed by atoms with Gasteiger partial charge in [-0.05, 0) is 63.3 Å². The fourth-order valence-corrected chi connectivity index (χ4v) is 3.92. The number of nitrogens with one attached hydrogen (secondary N) is 2. The molecule has 1 fully saturated rings. The number of hydrogen-bond donors (Lipinski definition) is 3. The van der Waals surface area contributed by atoms with E-state index in [0.29, 0.717) is 12.1 Å². The Labute approximate surface area is 206 Å². The maximum absolute atomic E-state index is 13.7. The second-order valence-corrected chi connectivity index (χ2v) is 10.1. The molecule has 0 aliphatic heterocycles. The molecule has 3 N–H and O–H groups in total. The second-order valence-electron chi connectivity index (χ2n) is 10.1. The highest BCUT2D eigenvalue weighted by Gasteiger charge is 2.47. The number of phenolic OH excluding ortho intramolecular Hbond substituents is 1. The number of nitrogens with zero attached hydrogens (tertiary/aromatic N) is 1. The van der Waals surface area contributed by atoms with Crippen LogP contribution in [0.4, 0.5) is 4.79 Å². The van der Waals surface area contributed by atoms with E-state index in [9.17, 15) is 19.5 Å². The molecule has 1 aliphatic carbocycles. The Hall–Kier alpha value is -3.55. The molecule has 2 aromatic rings. The van der Waals surface area contributed by atoms with E-state index in [1.54, 1.807) is 44.7 Å². The molecule has 2 aromatic carbocycles. The van der Waals surface area contributed by atoms with Crippen molar-refractivity contribution in [1.82, 2.24) is 15.5 Å². The van der Waals surface area contributed by atoms with Crippen LogP contribution in [0.15, 0.2) is 54.6 Å². The van der Waals surface area contributed by atoms with Gasteiger partial charge in [0.15, 0.2) is 0 Å². The molecule has 1 aliphatic rings. The zero-order valence-corrected chi connectivity index (χ0v) is 20.9. The summed E-state index contributed by atoms with van der Waals surface area (Å²) in [5.41, 5.74) is 0.803. The standard InChI is InChI=1S/C27H35N3O5/c1-17-15-22(17)30(25(33)18(2)29-26(34)35-27(3,4)5)23(20-11-13-21(31)14-12-20)24(32)28-16-19-9-7-6-8-10-19/h6-14,17-18,22-23,31H,15-16H2,1-5H3,(H,28,32)(H,29,34). The summed E-state index contributed by atoms with van der Waals surface area (Å²) < 4.78 is 5.30. The summed E-state index contributed by atoms with van der Waals surface area (Å²) in [4.78, 5) is 41.1. The number of hydrogen-bond acceptors (Lipinski definition) is 5. The zero-order valence-electron chi connectivity index (χ0n) is 20.9. The van der Waals surface area contributed by atoms with Crippen LogP contribution in [0.25, 0.3) is 0 Å². The van der Waals surface area contributed by atoms with Gasteiger partial charge < -0.3 is 25.4 Å². The van der Waals surface area contributed by atoms with Crippen LogP contribution in [-0.2, 0) is 20.9 Å². The first-order valence-electron chi connectivity index (χ1n) is 11.9. The summed E-state index contributed by atoms with van der Waals surface area (Å²) in [6.07, 6.45) is 0.0580. The lowest BCUT2D eigenvalue weighted by Crippen LogP contribution is -2.53. The fraction of sp³-hybridized carbons (Fsp3) is 0.444. The SMILES string of the molecule is CC(NC(=O)OC(C)(C)C)C(=O)N(C(C(=O)NCc1ccccc1)c1ccc(O)cc1)C1CC1C. The molecular weight excluding hydrogens is 446 g/mol. The highest BCUT2D eigenvalue weighted by molar-refractivity contribution is 5.92. The summed E-state index contributed by atoms with van der Waals surface area (Å²) in [6.45, 7) is 9.15. The Morgan fingerprint density at radius 1 is 1.09 bits per heavy atom. The number of ether oxygens (including phenoxy) is 1. The number of alkyl carbamates (subject to hydrolysis) is 1. The number of carbonyl (C=O) groups is 3. The average molecular weight is 482 g/mol. The van der Waals surface area contributed by atoms with Crippen molar-refractivity contribution in [3.05, 3.63) is 65.7 Å². The van der Waals surface area contributed by atoms with Crippen molar-refractivity contribution in [2.45, 2.75) is 71.3 Å². The summed E-state index contributed by atoms with van der Waals surface area (Å²) in [6, 6.07) is 13.8. The van der Waals surface area contributed by atoms with Crippen LogP contribution in [0, 0.1) is 5.92 Å². The smallest absolute Gasteiger partial charge is 0.408 e. The quantitative estimate of drug-likeness (QED) is 0.530. The van der Waals surface area contributed by atoms with Crippen molar-refractivity contribution < 1.29 is 24.2 Å². The van der Waals surface area contributed by atoms with Gasteiger partial charge in [-0.25, -0.2) is 4.79 Å². The minimum absolute atomic E-state index is 0.0646. The summed E-state index contributed by atoms with van der Waals surface area (Å²) in [7, 11) is 0. The van der Waals surface area contributed by atoms with E-state index in [4.69, 9.17) is 4.74 Å². The third-order valence-electron chi connectivity index (χ3n) is 5.83. The maximum atomic E-state index is 13.7. The minimum Gasteiger partial charge on any atom is -0.508 e. The van der Waals surface area contributed by atoms with Crippen molar-refractivity contribution in [1.29, 1.82) is 0 Å². The molecular formula is C27H35N3O5. The topological polar surface area (TPSA) is 108 Å². The van der Waals surface area contributed by atoms with Crippen molar-refractivity contribution in [2.75, 3.05) is 0 Å². The van der Waals surface area contributed by atoms with Crippen molar-refractivity contribution in [3.8, 4) is 5.75 Å². The lowest BCUT2D eigenvalue weighted by molar-refractivity contribution is -0.143. The molecule has 8 nitrogen and oxygen atoms in total. The third kappa shape index (κ3) is 7.21. The van der Waals surface area contributed by atoms with E-state index in [1.807, 2.05) is 37.3 Å². The third-order valence-corrected chi connectivity index (χ3v) is 5.83. The molecule has 0 heterocycles. The van der Waals surface area contributed by atoms with E-state index in [2.05, 4.69) is 10.6 Å². The van der Waals surface area contributed by atoms with Crippen LogP contribution < -0.4 is 10.6 Å². The Bertz CT molecular complexity index is 1030. The van der Waals surface area contributed by atoms with Crippen LogP contribution in [0.3, 0.4) is 0 Å². The number of carbonyl (C=O) groups excluding carboxylic acids is 3. The minimum atomic E-state index is -0.926. The lowest BCUT2D eigenvalue weighted by Gasteiger charge is -2.34. The van der Waals surface area contributed by atoms with Crippen LogP contribution in [-0.4, -0.2) is 45.6 Å². The molecule has 0 saturated heterocycles. The number of benzene rings is 2. The van der Waals surface area contributed by atoms with Gasteiger partial charge in [0.05, 0.1) is 0 Å². The van der Waals surface area contributed by atoms with E-state index >= 15 is 0 Å². The van der Waals surface area contributed by atoms with Crippen molar-refractivity contribution >= 4 is 17.9 Å². The molecule has 0 radical (unpaired) electrons. The highest BCUT2D eigenvalue weighted by atomic mass is 16.6. The number of aromatic hydroxyl groups is 1. The van der Waals surface area contributed by atoms with Crippen LogP contribution in [0.1, 0.15) is 58.2 Å². The van der Waals surface area contributed by atoms with E-state index < -0.39 is 23.8 Å². The van der Waals surface area contributed by atoms with Gasteiger partial charge in [0.2, 0.25) is 11.8 Å². The monoisotopic (exact) mass is 481 g/mol. The van der Waals surface area contributed by atoms with E-state index in [0.717, 1.165) is 12.0 Å². The van der Waals surface area contributed by atoms with Gasteiger partial charge in [-0.2, -0.15) is 0 Å². The predicted octanol–water partition coefficient (Wildman–Crippen LogP) is 3.90. The lowest BCUT2D eigenvalue weighted by atomic mass is 10.0. The number of rotatable bonds is 8. The molecule has 0 bridgehead atoms. The largest absolute Gasteiger partial charge is 0.508 e. The van der Waals surface area contributed by atoms with Gasteiger partial charge in [-0.1, -0.05) is 49.4 Å². The first-order valence-corrected chi connectivity index (χ1v) is 11.9. The molecule has 188 valence electrons. The Morgan fingerprint density at radius 2 is 1.69 bits per heavy atom. The Kier molecular flexibility index (Phi) is 8.04. The highest BCUT2D eigenvalue weighted by Crippen LogP contribution is 2.40. The molecule has 4 atom stereocenters. The predicted molar refractivity (Wildman–Crippen MR) is 132 cm³/mol. The van der Waals surface area contributed by atoms with E-state index in [1.165, 1.54) is 12.1 Å². The van der Waals surface area contributed by atoms with Crippen LogP contribution in [0.2, 0.25) is 0 Å². The molecule has 1 saturated carbocycles. The Balaban J connectivity index is 1.87. The molecule has 0 aromatic heterocycles. The summed E-state index contributed by atoms with van der Waals surface area (Å²) >= 11 is 0. The van der Waals surface area contributed by atoms with Gasteiger partial charge in [0, 0.05) is 12.6 Å². The molecule has 0 spiro atoms. The van der Waals surface area contributed by atoms with Gasteiger partial charge in [-0.3, -0.25) is 9.59 Å². The average Bonchev–Trinajstić information content (AvgIpc) is 3.51. The zero-order chi connectivity index (χ0) is 25.8. The molecule has 3 rings (SSSR count). The van der Waals surface area contributed by atoms with Gasteiger partial charge in [0.1, 0.15) is 23.4 Å². The van der Waals surface area contributed by atoms with E-state index in [-0.39, 0.29) is 29.5 Å². The first kappa shape index (κ1) is 26.1. The first-order chi connectivity index (χ1) is 16.5. The van der Waals surface area contributed by atoms with Crippen LogP contribution in [0.5, 0.6) is 5.75 Å². The number of amides is 3. The molecule has 8 heteroatoms. The second kappa shape index (κ2) is 10.8. The van der Waals surface area contributed by atoms with Gasteiger partial charge >= 0.3 is 6.09 Å². The van der Waals surface area contributed by atoms with Gasteiger partial charge in [0.25, 0.3) is 0 Å². The summed E-state index contributed by atoms with van der Waals surface area (Å²) in [5, 5.41) is 15.3. The van der Waals surface area contributed by atoms with Crippen LogP contribution >= 0.6 is 0 Å². The molecule has 3 amide bonds. The molecule has 35 heavy (non-hydrogen) atoms. The van der Waals surface area contributed by atoms with Gasteiger partial charge in [-0.15, -0.1) is 0 Å². The maximum Gasteiger partial charge on any atom is 0.408 e. The normalized spacial score (nSPS) is 18.7. The fourth-order valence-electron chi connectivity index (χ4n) is 3.92. The van der Waals surface area contributed by atoms with Crippen molar-refractivity contribution in [3.63, 3.8) is 0 Å². The van der Waals surface area contributed by atoms with Crippen molar-refractivity contribution in [2.24, 2.45) is 5.92 Å². The summed E-state index contributed by atoms with van der Waals surface area (Å²) in [5.74, 6) is -0.432. The Morgan fingerprint density at radius 3 is 2.23 bits per heavy atom.